The number of para-hydroxylation sites is 1. The number of carbonyl (C=O) groups is 1. The maximum Gasteiger partial charge on any atom is 0.296 e. The number of benzene rings is 3. The second-order valence-corrected chi connectivity index (χ2v) is 7.56. The van der Waals surface area contributed by atoms with Gasteiger partial charge in [0, 0.05) is 23.4 Å². The maximum atomic E-state index is 13.2. The van der Waals surface area contributed by atoms with E-state index in [1.54, 1.807) is 36.9 Å². The average molecular weight is 436 g/mol. The molecule has 0 aliphatic carbocycles. The zero-order valence-corrected chi connectivity index (χ0v) is 18.1. The Morgan fingerprint density at radius 3 is 2.52 bits per heavy atom. The molecule has 0 bridgehead atoms. The van der Waals surface area contributed by atoms with Gasteiger partial charge in [-0.05, 0) is 30.3 Å². The molecule has 0 unspecified atom stereocenters. The predicted octanol–water partition coefficient (Wildman–Crippen LogP) is 6.03. The van der Waals surface area contributed by atoms with E-state index >= 15 is 0 Å². The number of azo groups is 1. The number of aromatic hydroxyl groups is 1. The van der Waals surface area contributed by atoms with E-state index in [2.05, 4.69) is 10.2 Å². The Morgan fingerprint density at radius 2 is 1.73 bits per heavy atom. The van der Waals surface area contributed by atoms with E-state index in [1.807, 2.05) is 60.7 Å². The molecule has 0 atom stereocenters. The minimum Gasteiger partial charge on any atom is -0.497 e. The highest BCUT2D eigenvalue weighted by Crippen LogP contribution is 2.39. The lowest BCUT2D eigenvalue weighted by molar-refractivity contribution is 0.0996. The van der Waals surface area contributed by atoms with E-state index in [9.17, 15) is 9.90 Å². The first-order valence-electron chi connectivity index (χ1n) is 10.3. The summed E-state index contributed by atoms with van der Waals surface area (Å²) in [4.78, 5) is 17.9. The smallest absolute Gasteiger partial charge is 0.296 e. The molecular formula is C26H20N4O3. The van der Waals surface area contributed by atoms with E-state index in [-0.39, 0.29) is 11.6 Å². The monoisotopic (exact) mass is 436 g/mol. The zero-order chi connectivity index (χ0) is 22.9. The summed E-state index contributed by atoms with van der Waals surface area (Å²) in [6.45, 7) is 0. The molecule has 33 heavy (non-hydrogen) atoms. The number of pyridine rings is 1. The molecule has 7 heteroatoms. The van der Waals surface area contributed by atoms with Crippen LogP contribution in [0.1, 0.15) is 10.4 Å². The highest BCUT2D eigenvalue weighted by Gasteiger charge is 2.17. The molecule has 1 N–H and O–H groups in total. The van der Waals surface area contributed by atoms with Gasteiger partial charge in [-0.1, -0.05) is 48.5 Å². The van der Waals surface area contributed by atoms with Crippen LogP contribution in [0.2, 0.25) is 0 Å². The van der Waals surface area contributed by atoms with Crippen LogP contribution in [0.15, 0.2) is 89.1 Å². The number of rotatable bonds is 4. The van der Waals surface area contributed by atoms with Gasteiger partial charge in [0.1, 0.15) is 5.75 Å². The first kappa shape index (κ1) is 20.4. The lowest BCUT2D eigenvalue weighted by Gasteiger charge is -2.07. The van der Waals surface area contributed by atoms with E-state index in [0.717, 1.165) is 11.1 Å². The third-order valence-corrected chi connectivity index (χ3v) is 5.61. The van der Waals surface area contributed by atoms with E-state index in [4.69, 9.17) is 9.72 Å². The fourth-order valence-electron chi connectivity index (χ4n) is 3.87. The molecule has 0 fully saturated rings. The van der Waals surface area contributed by atoms with Gasteiger partial charge in [0.05, 0.1) is 29.4 Å². The lowest BCUT2D eigenvalue weighted by Crippen LogP contribution is -1.98. The summed E-state index contributed by atoms with van der Waals surface area (Å²) >= 11 is 0. The summed E-state index contributed by atoms with van der Waals surface area (Å²) in [6.07, 6.45) is 0. The van der Waals surface area contributed by atoms with Crippen molar-refractivity contribution in [3.63, 3.8) is 0 Å². The fraction of sp³-hybridized carbons (Fsp3) is 0.0769. The summed E-state index contributed by atoms with van der Waals surface area (Å²) in [6, 6.07) is 24.2. The van der Waals surface area contributed by atoms with Crippen LogP contribution in [0.3, 0.4) is 0 Å². The van der Waals surface area contributed by atoms with Gasteiger partial charge in [-0.15, -0.1) is 10.2 Å². The van der Waals surface area contributed by atoms with Crippen LogP contribution < -0.4 is 4.74 Å². The van der Waals surface area contributed by atoms with Crippen molar-refractivity contribution >= 4 is 33.4 Å². The third-order valence-electron chi connectivity index (χ3n) is 5.61. The standard InChI is InChI=1S/C26H20N4O3/c1-30-23-13-12-17(33-2)14-20(23)24(26(30)32)28-29-25(31)19-15-22(16-8-4-3-5-9-16)27-21-11-7-6-10-18(19)21/h3-15,32H,1-2H3. The molecule has 162 valence electrons. The first-order chi connectivity index (χ1) is 16.1. The number of nitrogens with zero attached hydrogens (tertiary/aromatic N) is 4. The molecule has 0 aliphatic heterocycles. The molecule has 5 aromatic rings. The Bertz CT molecular complexity index is 1540. The molecule has 0 saturated carbocycles. The number of fused-ring (bicyclic) bond motifs is 2. The quantitative estimate of drug-likeness (QED) is 0.348. The van der Waals surface area contributed by atoms with E-state index < -0.39 is 5.91 Å². The summed E-state index contributed by atoms with van der Waals surface area (Å²) in [5, 5.41) is 20.0. The number of aromatic nitrogens is 2. The maximum absolute atomic E-state index is 13.2. The number of aryl methyl sites for hydroxylation is 1. The molecule has 1 amide bonds. The molecular weight excluding hydrogens is 416 g/mol. The molecule has 0 saturated heterocycles. The molecule has 5 rings (SSSR count). The van der Waals surface area contributed by atoms with Crippen LogP contribution in [0.4, 0.5) is 5.69 Å². The van der Waals surface area contributed by atoms with Crippen LogP contribution in [-0.2, 0) is 7.05 Å². The highest BCUT2D eigenvalue weighted by atomic mass is 16.5. The lowest BCUT2D eigenvalue weighted by atomic mass is 10.0. The summed E-state index contributed by atoms with van der Waals surface area (Å²) in [7, 11) is 3.28. The Kier molecular flexibility index (Phi) is 5.06. The van der Waals surface area contributed by atoms with Gasteiger partial charge >= 0.3 is 0 Å². The molecule has 2 heterocycles. The van der Waals surface area contributed by atoms with Crippen molar-refractivity contribution in [1.29, 1.82) is 0 Å². The second kappa shape index (κ2) is 8.20. The number of hydrogen-bond donors (Lipinski definition) is 1. The summed E-state index contributed by atoms with van der Waals surface area (Å²) in [5.74, 6) is 0.00736. The van der Waals surface area contributed by atoms with Crippen molar-refractivity contribution < 1.29 is 14.6 Å². The average Bonchev–Trinajstić information content (AvgIpc) is 3.10. The molecule has 3 aromatic carbocycles. The number of ether oxygens (including phenoxy) is 1. The number of carbonyl (C=O) groups excluding carboxylic acids is 1. The zero-order valence-electron chi connectivity index (χ0n) is 18.1. The number of methoxy groups -OCH3 is 1. The van der Waals surface area contributed by atoms with Crippen molar-refractivity contribution in [2.45, 2.75) is 0 Å². The topological polar surface area (TPSA) is 89.1 Å². The van der Waals surface area contributed by atoms with E-state index in [0.29, 0.717) is 33.3 Å². The van der Waals surface area contributed by atoms with Gasteiger partial charge < -0.3 is 14.4 Å². The van der Waals surface area contributed by atoms with Crippen LogP contribution in [-0.4, -0.2) is 27.7 Å². The Morgan fingerprint density at radius 1 is 0.970 bits per heavy atom. The Hall–Kier alpha value is -4.52. The van der Waals surface area contributed by atoms with Gasteiger partial charge in [-0.25, -0.2) is 4.98 Å². The minimum atomic E-state index is -0.523. The SMILES string of the molecule is COc1ccc2c(c1)c(N=NC(=O)c1cc(-c3ccccc3)nc3ccccc13)c(O)n2C. The Balaban J connectivity index is 1.61. The molecule has 7 nitrogen and oxygen atoms in total. The second-order valence-electron chi connectivity index (χ2n) is 7.56. The van der Waals surface area contributed by atoms with Gasteiger partial charge in [-0.3, -0.25) is 4.79 Å². The van der Waals surface area contributed by atoms with E-state index in [1.165, 1.54) is 0 Å². The number of amides is 1. The number of hydrogen-bond acceptors (Lipinski definition) is 5. The molecule has 0 radical (unpaired) electrons. The van der Waals surface area contributed by atoms with Gasteiger partial charge in [-0.2, -0.15) is 0 Å². The fourth-order valence-corrected chi connectivity index (χ4v) is 3.87. The normalized spacial score (nSPS) is 11.5. The van der Waals surface area contributed by atoms with Crippen LogP contribution in [0, 0.1) is 0 Å². The summed E-state index contributed by atoms with van der Waals surface area (Å²) in [5.41, 5.74) is 3.60. The molecule has 0 aliphatic rings. The Labute approximate surface area is 189 Å². The predicted molar refractivity (Wildman–Crippen MR) is 127 cm³/mol. The first-order valence-corrected chi connectivity index (χ1v) is 10.3. The van der Waals surface area contributed by atoms with Crippen molar-refractivity contribution in [3.05, 3.63) is 84.4 Å². The largest absolute Gasteiger partial charge is 0.497 e. The van der Waals surface area contributed by atoms with Crippen LogP contribution in [0.5, 0.6) is 11.6 Å². The minimum absolute atomic E-state index is 0.0839. The highest BCUT2D eigenvalue weighted by molar-refractivity contribution is 6.07. The van der Waals surface area contributed by atoms with Crippen molar-refractivity contribution in [1.82, 2.24) is 9.55 Å². The molecule has 0 spiro atoms. The van der Waals surface area contributed by atoms with Crippen molar-refractivity contribution in [2.75, 3.05) is 7.11 Å². The van der Waals surface area contributed by atoms with Gasteiger partial charge in [0.25, 0.3) is 5.91 Å². The van der Waals surface area contributed by atoms with Crippen molar-refractivity contribution in [3.8, 4) is 22.9 Å². The molecule has 2 aromatic heterocycles. The van der Waals surface area contributed by atoms with Crippen LogP contribution >= 0.6 is 0 Å². The third kappa shape index (κ3) is 3.59. The summed E-state index contributed by atoms with van der Waals surface area (Å²) < 4.78 is 6.87. The van der Waals surface area contributed by atoms with Gasteiger partial charge in [0.2, 0.25) is 5.88 Å². The van der Waals surface area contributed by atoms with Crippen LogP contribution in [0.25, 0.3) is 33.1 Å². The van der Waals surface area contributed by atoms with Gasteiger partial charge in [0.15, 0.2) is 5.69 Å². The van der Waals surface area contributed by atoms with Crippen molar-refractivity contribution in [2.24, 2.45) is 17.3 Å².